The molecule has 0 radical (unpaired) electrons. The van der Waals surface area contributed by atoms with Gasteiger partial charge in [-0.05, 0) is 116 Å². The van der Waals surface area contributed by atoms with E-state index in [1.54, 1.807) is 0 Å². The lowest BCUT2D eigenvalue weighted by atomic mass is 9.58. The Labute approximate surface area is 319 Å². The summed E-state index contributed by atoms with van der Waals surface area (Å²) in [4.78, 5) is 2.45. The Morgan fingerprint density at radius 1 is 0.364 bits per heavy atom. The highest BCUT2D eigenvalue weighted by molar-refractivity contribution is 6.11. The topological polar surface area (TPSA) is 8.17 Å². The van der Waals surface area contributed by atoms with Crippen LogP contribution in [0.1, 0.15) is 22.3 Å². The maximum Gasteiger partial charge on any atom is 0.0726 e. The van der Waals surface area contributed by atoms with E-state index in [1.165, 1.54) is 77.1 Å². The zero-order valence-electron chi connectivity index (χ0n) is 30.0. The largest absolute Gasteiger partial charge is 0.310 e. The second-order valence-electron chi connectivity index (χ2n) is 14.9. The summed E-state index contributed by atoms with van der Waals surface area (Å²) >= 11 is 0. The average Bonchev–Trinajstić information content (AvgIpc) is 3.75. The smallest absolute Gasteiger partial charge is 0.0726 e. The third kappa shape index (κ3) is 4.14. The van der Waals surface area contributed by atoms with E-state index in [-0.39, 0.29) is 5.41 Å². The van der Waals surface area contributed by atoms with Crippen molar-refractivity contribution in [1.29, 1.82) is 0 Å². The molecule has 10 aromatic rings. The fourth-order valence-electron chi connectivity index (χ4n) is 9.87. The molecule has 9 aromatic carbocycles. The van der Waals surface area contributed by atoms with Crippen molar-refractivity contribution < 1.29 is 0 Å². The van der Waals surface area contributed by atoms with Gasteiger partial charge < -0.3 is 9.47 Å². The molecule has 2 heteroatoms. The van der Waals surface area contributed by atoms with Crippen LogP contribution in [0, 0.1) is 0 Å². The minimum atomic E-state index is -0.312. The molecule has 256 valence electrons. The average molecular weight is 699 g/mol. The van der Waals surface area contributed by atoms with Gasteiger partial charge in [0.05, 0.1) is 16.4 Å². The van der Waals surface area contributed by atoms with Crippen molar-refractivity contribution in [2.24, 2.45) is 0 Å². The van der Waals surface area contributed by atoms with Crippen molar-refractivity contribution in [2.75, 3.05) is 4.90 Å². The Morgan fingerprint density at radius 2 is 0.945 bits per heavy atom. The number of hydrogen-bond acceptors (Lipinski definition) is 1. The molecule has 0 saturated carbocycles. The maximum atomic E-state index is 2.48. The molecule has 2 nitrogen and oxygen atoms in total. The fraction of sp³-hybridized carbons (Fsp3) is 0.0189. The number of fused-ring (bicyclic) bond motifs is 10. The highest BCUT2D eigenvalue weighted by atomic mass is 15.1. The van der Waals surface area contributed by atoms with Gasteiger partial charge in [0, 0.05) is 33.5 Å². The van der Waals surface area contributed by atoms with Crippen LogP contribution < -0.4 is 4.90 Å². The first-order valence-electron chi connectivity index (χ1n) is 19.1. The SMILES string of the molecule is c1ccc(-c2ccc(N(c3ccc4c(c3)C3(c5ccccc5-4)c4cccc5cccc3c45)c3ccc4c(c3)c3ccccc3n4-c3ccccc3)cc2)cc1. The van der Waals surface area contributed by atoms with E-state index in [0.29, 0.717) is 0 Å². The van der Waals surface area contributed by atoms with Crippen LogP contribution in [0.3, 0.4) is 0 Å². The van der Waals surface area contributed by atoms with Gasteiger partial charge >= 0.3 is 0 Å². The summed E-state index contributed by atoms with van der Waals surface area (Å²) in [6.45, 7) is 0. The molecular formula is C53H34N2. The Morgan fingerprint density at radius 3 is 1.75 bits per heavy atom. The van der Waals surface area contributed by atoms with E-state index in [2.05, 4.69) is 216 Å². The standard InChI is InChI=1S/C53H34N2/c1-3-13-35(14-4-1)36-25-27-39(28-26-36)54(40-30-32-51-45(33-40)44-20-8-10-24-50(44)55(51)38-17-5-2-6-18-38)41-29-31-43-42-19-7-9-21-46(42)53(49(43)34-41)47-22-11-15-37-16-12-23-48(53)52(37)47/h1-34H. The van der Waals surface area contributed by atoms with Gasteiger partial charge in [-0.3, -0.25) is 0 Å². The van der Waals surface area contributed by atoms with Crippen molar-refractivity contribution in [3.63, 3.8) is 0 Å². The number of nitrogens with zero attached hydrogens (tertiary/aromatic N) is 2. The van der Waals surface area contributed by atoms with Crippen LogP contribution in [0.25, 0.3) is 60.5 Å². The van der Waals surface area contributed by atoms with E-state index in [0.717, 1.165) is 22.7 Å². The summed E-state index contributed by atoms with van der Waals surface area (Å²) in [5.41, 5.74) is 17.2. The molecule has 0 aliphatic heterocycles. The molecule has 2 aliphatic rings. The normalized spacial score (nSPS) is 13.2. The first kappa shape index (κ1) is 30.3. The fourth-order valence-corrected chi connectivity index (χ4v) is 9.87. The Balaban J connectivity index is 1.09. The molecule has 12 rings (SSSR count). The molecule has 1 spiro atoms. The van der Waals surface area contributed by atoms with Crippen molar-refractivity contribution in [3.05, 3.63) is 229 Å². The zero-order chi connectivity index (χ0) is 36.1. The van der Waals surface area contributed by atoms with Gasteiger partial charge in [-0.1, -0.05) is 146 Å². The summed E-state index contributed by atoms with van der Waals surface area (Å²) in [5, 5.41) is 5.18. The number of benzene rings is 9. The molecule has 0 saturated heterocycles. The van der Waals surface area contributed by atoms with Crippen molar-refractivity contribution >= 4 is 49.6 Å². The highest BCUT2D eigenvalue weighted by Gasteiger charge is 2.53. The van der Waals surface area contributed by atoms with Crippen molar-refractivity contribution in [1.82, 2.24) is 4.57 Å². The second-order valence-corrected chi connectivity index (χ2v) is 14.9. The molecule has 2 aliphatic carbocycles. The monoisotopic (exact) mass is 698 g/mol. The third-order valence-corrected chi connectivity index (χ3v) is 12.2. The number of hydrogen-bond donors (Lipinski definition) is 0. The van der Waals surface area contributed by atoms with E-state index in [4.69, 9.17) is 0 Å². The van der Waals surface area contributed by atoms with Gasteiger partial charge in [-0.2, -0.15) is 0 Å². The molecule has 0 atom stereocenters. The molecular weight excluding hydrogens is 665 g/mol. The lowest BCUT2D eigenvalue weighted by Gasteiger charge is -2.43. The van der Waals surface area contributed by atoms with Gasteiger partial charge in [0.1, 0.15) is 0 Å². The Bertz CT molecular complexity index is 3100. The minimum absolute atomic E-state index is 0.312. The first-order chi connectivity index (χ1) is 27.3. The van der Waals surface area contributed by atoms with Crippen LogP contribution in [-0.2, 0) is 5.41 Å². The first-order valence-corrected chi connectivity index (χ1v) is 19.1. The predicted octanol–water partition coefficient (Wildman–Crippen LogP) is 13.8. The molecule has 0 bridgehead atoms. The van der Waals surface area contributed by atoms with Crippen LogP contribution in [0.5, 0.6) is 0 Å². The van der Waals surface area contributed by atoms with Crippen LogP contribution in [0.4, 0.5) is 17.1 Å². The number of aromatic nitrogens is 1. The Kier molecular flexibility index (Phi) is 6.29. The van der Waals surface area contributed by atoms with E-state index in [9.17, 15) is 0 Å². The van der Waals surface area contributed by atoms with Crippen molar-refractivity contribution in [3.8, 4) is 27.9 Å². The summed E-state index contributed by atoms with van der Waals surface area (Å²) in [6, 6.07) is 76.0. The molecule has 0 unspecified atom stereocenters. The van der Waals surface area contributed by atoms with E-state index in [1.807, 2.05) is 0 Å². The third-order valence-electron chi connectivity index (χ3n) is 12.2. The summed E-state index contributed by atoms with van der Waals surface area (Å²) in [6.07, 6.45) is 0. The van der Waals surface area contributed by atoms with E-state index >= 15 is 0 Å². The van der Waals surface area contributed by atoms with Crippen LogP contribution in [-0.4, -0.2) is 4.57 Å². The molecule has 1 aromatic heterocycles. The second kappa shape index (κ2) is 11.4. The van der Waals surface area contributed by atoms with Gasteiger partial charge in [0.15, 0.2) is 0 Å². The minimum Gasteiger partial charge on any atom is -0.310 e. The van der Waals surface area contributed by atoms with Crippen LogP contribution in [0.2, 0.25) is 0 Å². The number of para-hydroxylation sites is 2. The van der Waals surface area contributed by atoms with Crippen LogP contribution >= 0.6 is 0 Å². The summed E-state index contributed by atoms with van der Waals surface area (Å²) in [5.74, 6) is 0. The van der Waals surface area contributed by atoms with Crippen molar-refractivity contribution in [2.45, 2.75) is 5.41 Å². The number of anilines is 3. The number of rotatable bonds is 5. The molecule has 0 N–H and O–H groups in total. The Hall–Kier alpha value is -7.16. The van der Waals surface area contributed by atoms with Gasteiger partial charge in [0.2, 0.25) is 0 Å². The maximum absolute atomic E-state index is 2.48. The van der Waals surface area contributed by atoms with Gasteiger partial charge in [0.25, 0.3) is 0 Å². The molecule has 55 heavy (non-hydrogen) atoms. The van der Waals surface area contributed by atoms with E-state index < -0.39 is 0 Å². The van der Waals surface area contributed by atoms with Crippen LogP contribution in [0.15, 0.2) is 206 Å². The quantitative estimate of drug-likeness (QED) is 0.174. The zero-order valence-corrected chi connectivity index (χ0v) is 30.0. The predicted molar refractivity (Wildman–Crippen MR) is 229 cm³/mol. The summed E-state index contributed by atoms with van der Waals surface area (Å²) in [7, 11) is 0. The molecule has 0 amide bonds. The van der Waals surface area contributed by atoms with Gasteiger partial charge in [-0.15, -0.1) is 0 Å². The molecule has 1 heterocycles. The lowest BCUT2D eigenvalue weighted by molar-refractivity contribution is 0.745. The molecule has 0 fully saturated rings. The van der Waals surface area contributed by atoms with Gasteiger partial charge in [-0.25, -0.2) is 0 Å². The highest BCUT2D eigenvalue weighted by Crippen LogP contribution is 2.64. The lowest BCUT2D eigenvalue weighted by Crippen LogP contribution is -2.36. The summed E-state index contributed by atoms with van der Waals surface area (Å²) < 4.78 is 2.39.